The van der Waals surface area contributed by atoms with Crippen molar-refractivity contribution in [3.05, 3.63) is 48.4 Å². The van der Waals surface area contributed by atoms with Gasteiger partial charge in [-0.1, -0.05) is 0 Å². The van der Waals surface area contributed by atoms with Gasteiger partial charge < -0.3 is 9.73 Å². The Morgan fingerprint density at radius 3 is 2.88 bits per heavy atom. The smallest absolute Gasteiger partial charge is 0.115 e. The number of hydrogen-bond acceptors (Lipinski definition) is 4. The highest BCUT2D eigenvalue weighted by Gasteiger charge is 2.03. The van der Waals surface area contributed by atoms with Gasteiger partial charge in [-0.3, -0.25) is 0 Å². The normalized spacial score (nSPS) is 12.5. The van der Waals surface area contributed by atoms with E-state index in [2.05, 4.69) is 22.2 Å². The zero-order valence-corrected chi connectivity index (χ0v) is 9.97. The molecule has 4 heteroatoms. The lowest BCUT2D eigenvalue weighted by molar-refractivity contribution is 0.459. The Morgan fingerprint density at radius 1 is 1.35 bits per heavy atom. The van der Waals surface area contributed by atoms with Gasteiger partial charge in [0.05, 0.1) is 6.26 Å². The third-order valence-electron chi connectivity index (χ3n) is 2.67. The van der Waals surface area contributed by atoms with Crippen LogP contribution in [0.1, 0.15) is 24.7 Å². The Hall–Kier alpha value is -1.68. The summed E-state index contributed by atoms with van der Waals surface area (Å²) in [7, 11) is 0. The fourth-order valence-corrected chi connectivity index (χ4v) is 1.63. The van der Waals surface area contributed by atoms with Gasteiger partial charge >= 0.3 is 0 Å². The minimum atomic E-state index is 0.445. The van der Waals surface area contributed by atoms with Crippen molar-refractivity contribution >= 4 is 0 Å². The SMILES string of the molecule is CC(CCc1ccco1)NCc1cncnc1. The highest BCUT2D eigenvalue weighted by Crippen LogP contribution is 2.06. The predicted molar refractivity (Wildman–Crippen MR) is 65.4 cm³/mol. The summed E-state index contributed by atoms with van der Waals surface area (Å²) in [5, 5.41) is 3.44. The molecular formula is C13H17N3O. The maximum absolute atomic E-state index is 5.30. The zero-order chi connectivity index (χ0) is 11.9. The van der Waals surface area contributed by atoms with Gasteiger partial charge in [-0.25, -0.2) is 9.97 Å². The first-order valence-electron chi connectivity index (χ1n) is 5.84. The van der Waals surface area contributed by atoms with Crippen LogP contribution in [-0.4, -0.2) is 16.0 Å². The Labute approximate surface area is 101 Å². The molecule has 0 aliphatic rings. The van der Waals surface area contributed by atoms with E-state index < -0.39 is 0 Å². The van der Waals surface area contributed by atoms with E-state index in [0.717, 1.165) is 30.7 Å². The molecule has 2 heterocycles. The van der Waals surface area contributed by atoms with Gasteiger partial charge in [0.2, 0.25) is 0 Å². The summed E-state index contributed by atoms with van der Waals surface area (Å²) in [6, 6.07) is 4.38. The average Bonchev–Trinajstić information content (AvgIpc) is 2.88. The number of furan rings is 1. The van der Waals surface area contributed by atoms with Crippen molar-refractivity contribution < 1.29 is 4.42 Å². The van der Waals surface area contributed by atoms with E-state index in [1.54, 1.807) is 12.6 Å². The first kappa shape index (κ1) is 11.8. The molecule has 0 saturated carbocycles. The highest BCUT2D eigenvalue weighted by atomic mass is 16.3. The molecule has 1 atom stereocenters. The third kappa shape index (κ3) is 4.00. The van der Waals surface area contributed by atoms with E-state index in [-0.39, 0.29) is 0 Å². The van der Waals surface area contributed by atoms with Gasteiger partial charge in [-0.15, -0.1) is 0 Å². The number of nitrogens with zero attached hydrogens (tertiary/aromatic N) is 2. The minimum absolute atomic E-state index is 0.445. The molecule has 1 N–H and O–H groups in total. The van der Waals surface area contributed by atoms with Gasteiger partial charge in [0.25, 0.3) is 0 Å². The van der Waals surface area contributed by atoms with E-state index in [1.165, 1.54) is 0 Å². The molecule has 90 valence electrons. The molecule has 0 aromatic carbocycles. The van der Waals surface area contributed by atoms with Crippen LogP contribution in [0.15, 0.2) is 41.5 Å². The van der Waals surface area contributed by atoms with Crippen LogP contribution in [-0.2, 0) is 13.0 Å². The minimum Gasteiger partial charge on any atom is -0.469 e. The molecule has 0 fully saturated rings. The molecule has 0 aliphatic heterocycles. The summed E-state index contributed by atoms with van der Waals surface area (Å²) in [5.74, 6) is 1.04. The number of aromatic nitrogens is 2. The van der Waals surface area contributed by atoms with Crippen LogP contribution in [0.5, 0.6) is 0 Å². The largest absolute Gasteiger partial charge is 0.469 e. The van der Waals surface area contributed by atoms with Crippen molar-refractivity contribution in [2.24, 2.45) is 0 Å². The van der Waals surface area contributed by atoms with Crippen LogP contribution in [0, 0.1) is 0 Å². The van der Waals surface area contributed by atoms with Gasteiger partial charge in [0, 0.05) is 37.0 Å². The van der Waals surface area contributed by atoms with E-state index >= 15 is 0 Å². The Kier molecular flexibility index (Phi) is 4.27. The first-order chi connectivity index (χ1) is 8.34. The monoisotopic (exact) mass is 231 g/mol. The van der Waals surface area contributed by atoms with Crippen LogP contribution in [0.2, 0.25) is 0 Å². The lowest BCUT2D eigenvalue weighted by Crippen LogP contribution is -2.26. The molecule has 0 radical (unpaired) electrons. The Bertz CT molecular complexity index is 413. The predicted octanol–water partition coefficient (Wildman–Crippen LogP) is 2.18. The van der Waals surface area contributed by atoms with Crippen LogP contribution in [0.25, 0.3) is 0 Å². The topological polar surface area (TPSA) is 51.0 Å². The summed E-state index contributed by atoms with van der Waals surface area (Å²) in [6.45, 7) is 2.98. The van der Waals surface area contributed by atoms with Crippen molar-refractivity contribution in [1.82, 2.24) is 15.3 Å². The van der Waals surface area contributed by atoms with E-state index in [1.807, 2.05) is 24.5 Å². The molecular weight excluding hydrogens is 214 g/mol. The fourth-order valence-electron chi connectivity index (χ4n) is 1.63. The molecule has 4 nitrogen and oxygen atoms in total. The summed E-state index contributed by atoms with van der Waals surface area (Å²) in [5.41, 5.74) is 1.11. The molecule has 0 spiro atoms. The summed E-state index contributed by atoms with van der Waals surface area (Å²) in [6.07, 6.45) is 8.95. The van der Waals surface area contributed by atoms with Crippen LogP contribution < -0.4 is 5.32 Å². The van der Waals surface area contributed by atoms with Gasteiger partial charge in [0.1, 0.15) is 12.1 Å². The number of aryl methyl sites for hydroxylation is 1. The van der Waals surface area contributed by atoms with Crippen LogP contribution in [0.4, 0.5) is 0 Å². The van der Waals surface area contributed by atoms with Crippen LogP contribution in [0.3, 0.4) is 0 Å². The van der Waals surface area contributed by atoms with Gasteiger partial charge in [-0.2, -0.15) is 0 Å². The second kappa shape index (κ2) is 6.15. The molecule has 0 bridgehead atoms. The zero-order valence-electron chi connectivity index (χ0n) is 9.97. The highest BCUT2D eigenvalue weighted by molar-refractivity contribution is 5.02. The summed E-state index contributed by atoms with van der Waals surface area (Å²) in [4.78, 5) is 7.97. The second-order valence-corrected chi connectivity index (χ2v) is 4.15. The Balaban J connectivity index is 1.69. The molecule has 2 aromatic heterocycles. The summed E-state index contributed by atoms with van der Waals surface area (Å²) >= 11 is 0. The maximum Gasteiger partial charge on any atom is 0.115 e. The lowest BCUT2D eigenvalue weighted by Gasteiger charge is -2.12. The number of rotatable bonds is 6. The molecule has 0 saturated heterocycles. The van der Waals surface area contributed by atoms with E-state index in [9.17, 15) is 0 Å². The molecule has 0 aliphatic carbocycles. The first-order valence-corrected chi connectivity index (χ1v) is 5.84. The number of hydrogen-bond donors (Lipinski definition) is 1. The lowest BCUT2D eigenvalue weighted by atomic mass is 10.1. The molecule has 1 unspecified atom stereocenters. The average molecular weight is 231 g/mol. The molecule has 0 amide bonds. The second-order valence-electron chi connectivity index (χ2n) is 4.15. The maximum atomic E-state index is 5.30. The van der Waals surface area contributed by atoms with Crippen molar-refractivity contribution in [3.8, 4) is 0 Å². The number of nitrogens with one attached hydrogen (secondary N) is 1. The van der Waals surface area contributed by atoms with E-state index in [0.29, 0.717) is 6.04 Å². The standard InChI is InChI=1S/C13H17N3O/c1-11(4-5-13-3-2-6-17-13)16-9-12-7-14-10-15-8-12/h2-3,6-8,10-11,16H,4-5,9H2,1H3. The van der Waals surface area contributed by atoms with Crippen molar-refractivity contribution in [2.75, 3.05) is 0 Å². The molecule has 17 heavy (non-hydrogen) atoms. The van der Waals surface area contributed by atoms with Gasteiger partial charge in [0.15, 0.2) is 0 Å². The van der Waals surface area contributed by atoms with Gasteiger partial charge in [-0.05, 0) is 25.5 Å². The van der Waals surface area contributed by atoms with Crippen LogP contribution >= 0.6 is 0 Å². The summed E-state index contributed by atoms with van der Waals surface area (Å²) < 4.78 is 5.30. The Morgan fingerprint density at radius 2 is 2.18 bits per heavy atom. The molecule has 2 rings (SSSR count). The fraction of sp³-hybridized carbons (Fsp3) is 0.385. The van der Waals surface area contributed by atoms with Crippen molar-refractivity contribution in [2.45, 2.75) is 32.4 Å². The third-order valence-corrected chi connectivity index (χ3v) is 2.67. The van der Waals surface area contributed by atoms with Crippen molar-refractivity contribution in [3.63, 3.8) is 0 Å². The van der Waals surface area contributed by atoms with Crippen molar-refractivity contribution in [1.29, 1.82) is 0 Å². The molecule has 2 aromatic rings. The quantitative estimate of drug-likeness (QED) is 0.828. The van der Waals surface area contributed by atoms with E-state index in [4.69, 9.17) is 4.42 Å².